The summed E-state index contributed by atoms with van der Waals surface area (Å²) in [6.07, 6.45) is 1.64. The number of rotatable bonds is 5. The molecule has 0 fully saturated rings. The number of carbonyl (C=O) groups excluding carboxylic acids is 2. The van der Waals surface area contributed by atoms with Gasteiger partial charge in [-0.3, -0.25) is 9.59 Å². The van der Waals surface area contributed by atoms with Crippen molar-refractivity contribution in [1.82, 2.24) is 24.9 Å². The fourth-order valence-corrected chi connectivity index (χ4v) is 2.97. The lowest BCUT2D eigenvalue weighted by Crippen LogP contribution is -2.30. The van der Waals surface area contributed by atoms with Gasteiger partial charge in [-0.2, -0.15) is 4.98 Å². The SMILES string of the molecule is COC(=O)CC(NC(=O)c1nc2nccc(C)n2n1)c1cccs1. The number of fused-ring (bicyclic) bond motifs is 1. The highest BCUT2D eigenvalue weighted by Gasteiger charge is 2.23. The average molecular weight is 345 g/mol. The van der Waals surface area contributed by atoms with Gasteiger partial charge in [0.1, 0.15) is 0 Å². The van der Waals surface area contributed by atoms with Gasteiger partial charge in [-0.1, -0.05) is 6.07 Å². The van der Waals surface area contributed by atoms with E-state index in [0.29, 0.717) is 5.78 Å². The Bertz CT molecular complexity index is 875. The van der Waals surface area contributed by atoms with Crippen LogP contribution in [0.2, 0.25) is 0 Å². The van der Waals surface area contributed by atoms with Crippen molar-refractivity contribution >= 4 is 29.0 Å². The summed E-state index contributed by atoms with van der Waals surface area (Å²) >= 11 is 1.45. The number of aryl methyl sites for hydroxylation is 1. The first-order chi connectivity index (χ1) is 11.6. The Morgan fingerprint density at radius 2 is 2.25 bits per heavy atom. The summed E-state index contributed by atoms with van der Waals surface area (Å²) in [7, 11) is 1.31. The molecule has 3 aromatic rings. The first-order valence-corrected chi connectivity index (χ1v) is 8.06. The van der Waals surface area contributed by atoms with E-state index in [-0.39, 0.29) is 12.2 Å². The molecule has 1 unspecified atom stereocenters. The van der Waals surface area contributed by atoms with Crippen LogP contribution in [0.3, 0.4) is 0 Å². The maximum absolute atomic E-state index is 12.5. The van der Waals surface area contributed by atoms with Crippen molar-refractivity contribution in [2.75, 3.05) is 7.11 Å². The van der Waals surface area contributed by atoms with E-state index in [2.05, 4.69) is 20.4 Å². The van der Waals surface area contributed by atoms with Crippen LogP contribution in [-0.2, 0) is 9.53 Å². The number of thiophene rings is 1. The zero-order valence-electron chi connectivity index (χ0n) is 13.1. The molecule has 1 atom stereocenters. The molecule has 3 aromatic heterocycles. The van der Waals surface area contributed by atoms with Gasteiger partial charge in [0, 0.05) is 16.8 Å². The van der Waals surface area contributed by atoms with Gasteiger partial charge >= 0.3 is 5.97 Å². The summed E-state index contributed by atoms with van der Waals surface area (Å²) in [4.78, 5) is 33.1. The number of nitrogens with one attached hydrogen (secondary N) is 1. The second-order valence-corrected chi connectivity index (χ2v) is 6.03. The standard InChI is InChI=1S/C15H15N5O3S/c1-9-5-6-16-15-18-13(19-20(9)15)14(22)17-10(8-12(21)23-2)11-4-3-7-24-11/h3-7,10H,8H2,1-2H3,(H,17,22). The lowest BCUT2D eigenvalue weighted by Gasteiger charge is -2.15. The average Bonchev–Trinajstić information content (AvgIpc) is 3.24. The summed E-state index contributed by atoms with van der Waals surface area (Å²) in [6, 6.07) is 4.98. The highest BCUT2D eigenvalue weighted by Crippen LogP contribution is 2.22. The van der Waals surface area contributed by atoms with Crippen molar-refractivity contribution < 1.29 is 14.3 Å². The van der Waals surface area contributed by atoms with Gasteiger partial charge < -0.3 is 10.1 Å². The smallest absolute Gasteiger partial charge is 0.307 e. The van der Waals surface area contributed by atoms with Crippen molar-refractivity contribution in [3.8, 4) is 0 Å². The summed E-state index contributed by atoms with van der Waals surface area (Å²) < 4.78 is 6.19. The van der Waals surface area contributed by atoms with Crippen LogP contribution in [0, 0.1) is 6.92 Å². The lowest BCUT2D eigenvalue weighted by molar-refractivity contribution is -0.141. The van der Waals surface area contributed by atoms with Gasteiger partial charge in [0.15, 0.2) is 0 Å². The number of ether oxygens (including phenoxy) is 1. The predicted molar refractivity (Wildman–Crippen MR) is 86.7 cm³/mol. The molecule has 0 saturated carbocycles. The fourth-order valence-electron chi connectivity index (χ4n) is 2.19. The molecule has 0 saturated heterocycles. The second-order valence-electron chi connectivity index (χ2n) is 5.06. The number of nitrogens with zero attached hydrogens (tertiary/aromatic N) is 4. The minimum atomic E-state index is -0.495. The Morgan fingerprint density at radius 1 is 1.42 bits per heavy atom. The van der Waals surface area contributed by atoms with E-state index >= 15 is 0 Å². The van der Waals surface area contributed by atoms with Crippen molar-refractivity contribution in [2.24, 2.45) is 0 Å². The van der Waals surface area contributed by atoms with Crippen LogP contribution >= 0.6 is 11.3 Å². The Balaban J connectivity index is 1.84. The highest BCUT2D eigenvalue weighted by molar-refractivity contribution is 7.10. The Hall–Kier alpha value is -2.81. The maximum Gasteiger partial charge on any atom is 0.307 e. The number of methoxy groups -OCH3 is 1. The first kappa shape index (κ1) is 16.1. The predicted octanol–water partition coefficient (Wildman–Crippen LogP) is 1.53. The third kappa shape index (κ3) is 3.25. The Labute approximate surface area is 141 Å². The Kier molecular flexibility index (Phi) is 4.52. The highest BCUT2D eigenvalue weighted by atomic mass is 32.1. The third-order valence-electron chi connectivity index (χ3n) is 3.42. The second kappa shape index (κ2) is 6.75. The summed E-state index contributed by atoms with van der Waals surface area (Å²) in [5.41, 5.74) is 0.816. The zero-order valence-corrected chi connectivity index (χ0v) is 13.9. The van der Waals surface area contributed by atoms with Gasteiger partial charge in [0.2, 0.25) is 5.82 Å². The van der Waals surface area contributed by atoms with Gasteiger partial charge in [-0.25, -0.2) is 9.50 Å². The van der Waals surface area contributed by atoms with E-state index < -0.39 is 17.9 Å². The molecule has 0 aliphatic rings. The number of aromatic nitrogens is 4. The molecule has 9 heteroatoms. The van der Waals surface area contributed by atoms with Crippen LogP contribution in [0.15, 0.2) is 29.8 Å². The topological polar surface area (TPSA) is 98.5 Å². The zero-order chi connectivity index (χ0) is 17.1. The molecule has 1 amide bonds. The summed E-state index contributed by atoms with van der Waals surface area (Å²) in [5, 5.41) is 8.83. The largest absolute Gasteiger partial charge is 0.469 e. The molecular formula is C15H15N5O3S. The summed E-state index contributed by atoms with van der Waals surface area (Å²) in [5.74, 6) is -0.527. The van der Waals surface area contributed by atoms with Crippen LogP contribution in [0.1, 0.15) is 33.7 Å². The number of carbonyl (C=O) groups is 2. The quantitative estimate of drug-likeness (QED) is 0.704. The van der Waals surface area contributed by atoms with Crippen LogP contribution < -0.4 is 5.32 Å². The van der Waals surface area contributed by atoms with E-state index in [1.54, 1.807) is 12.3 Å². The molecule has 0 radical (unpaired) electrons. The normalized spacial score (nSPS) is 12.1. The molecule has 0 aliphatic heterocycles. The van der Waals surface area contributed by atoms with E-state index in [9.17, 15) is 9.59 Å². The fraction of sp³-hybridized carbons (Fsp3) is 0.267. The maximum atomic E-state index is 12.5. The number of esters is 1. The molecule has 0 bridgehead atoms. The minimum absolute atomic E-state index is 0.00298. The molecule has 0 aliphatic carbocycles. The van der Waals surface area contributed by atoms with Gasteiger partial charge in [-0.05, 0) is 24.4 Å². The minimum Gasteiger partial charge on any atom is -0.469 e. The lowest BCUT2D eigenvalue weighted by atomic mass is 10.1. The first-order valence-electron chi connectivity index (χ1n) is 7.18. The van der Waals surface area contributed by atoms with Crippen LogP contribution in [0.5, 0.6) is 0 Å². The van der Waals surface area contributed by atoms with Crippen LogP contribution in [-0.4, -0.2) is 38.6 Å². The molecular weight excluding hydrogens is 330 g/mol. The molecule has 0 aromatic carbocycles. The number of hydrogen-bond acceptors (Lipinski definition) is 7. The molecule has 1 N–H and O–H groups in total. The molecule has 0 spiro atoms. The molecule has 3 heterocycles. The number of hydrogen-bond donors (Lipinski definition) is 1. The van der Waals surface area contributed by atoms with Crippen molar-refractivity contribution in [1.29, 1.82) is 0 Å². The van der Waals surface area contributed by atoms with E-state index in [0.717, 1.165) is 10.6 Å². The van der Waals surface area contributed by atoms with Crippen LogP contribution in [0.25, 0.3) is 5.78 Å². The van der Waals surface area contributed by atoms with Gasteiger partial charge in [0.25, 0.3) is 11.7 Å². The third-order valence-corrected chi connectivity index (χ3v) is 4.41. The molecule has 124 valence electrons. The van der Waals surface area contributed by atoms with E-state index in [1.165, 1.54) is 23.0 Å². The summed E-state index contributed by atoms with van der Waals surface area (Å²) in [6.45, 7) is 1.84. The van der Waals surface area contributed by atoms with Crippen LogP contribution in [0.4, 0.5) is 0 Å². The Morgan fingerprint density at radius 3 is 2.92 bits per heavy atom. The molecule has 24 heavy (non-hydrogen) atoms. The molecule has 3 rings (SSSR count). The van der Waals surface area contributed by atoms with Crippen molar-refractivity contribution in [3.05, 3.63) is 46.2 Å². The van der Waals surface area contributed by atoms with Crippen molar-refractivity contribution in [3.63, 3.8) is 0 Å². The monoisotopic (exact) mass is 345 g/mol. The van der Waals surface area contributed by atoms with Gasteiger partial charge in [-0.15, -0.1) is 16.4 Å². The van der Waals surface area contributed by atoms with E-state index in [4.69, 9.17) is 4.74 Å². The van der Waals surface area contributed by atoms with E-state index in [1.807, 2.05) is 24.4 Å². The van der Waals surface area contributed by atoms with Gasteiger partial charge in [0.05, 0.1) is 19.6 Å². The molecule has 8 nitrogen and oxygen atoms in total. The van der Waals surface area contributed by atoms with Crippen molar-refractivity contribution in [2.45, 2.75) is 19.4 Å². The number of amides is 1.